The average molecular weight is 421 g/mol. The Hall–Kier alpha value is -2.53. The van der Waals surface area contributed by atoms with Crippen LogP contribution in [0.4, 0.5) is 0 Å². The van der Waals surface area contributed by atoms with Crippen molar-refractivity contribution in [2.75, 3.05) is 20.2 Å². The lowest BCUT2D eigenvalue weighted by molar-refractivity contribution is -0.929. The standard InChI is InChI=1S/C26H33N3O2/c1-17(2)28-13-11-26(12-14-28)29-23(20-7-6-8-24(30-5)25(20)31-26)16-22(27-29)21-15-18(3)9-10-19(21)4/h6-10,15,17,23H,11-14,16H2,1-5H3/p+1/t23-/m1/s1. The summed E-state index contributed by atoms with van der Waals surface area (Å²) in [7, 11) is 1.73. The van der Waals surface area contributed by atoms with Gasteiger partial charge in [0.25, 0.3) is 0 Å². The van der Waals surface area contributed by atoms with Gasteiger partial charge >= 0.3 is 0 Å². The van der Waals surface area contributed by atoms with Crippen molar-refractivity contribution in [3.8, 4) is 11.5 Å². The molecule has 31 heavy (non-hydrogen) atoms. The maximum Gasteiger partial charge on any atom is 0.209 e. The van der Waals surface area contributed by atoms with E-state index in [1.165, 1.54) is 28.0 Å². The molecule has 5 heteroatoms. The van der Waals surface area contributed by atoms with E-state index in [0.717, 1.165) is 43.9 Å². The van der Waals surface area contributed by atoms with Crippen LogP contribution in [0.5, 0.6) is 11.5 Å². The number of hydrogen-bond acceptors (Lipinski definition) is 4. The first-order valence-electron chi connectivity index (χ1n) is 11.6. The first-order valence-corrected chi connectivity index (χ1v) is 11.6. The second kappa shape index (κ2) is 7.56. The maximum absolute atomic E-state index is 6.84. The van der Waals surface area contributed by atoms with Crippen molar-refractivity contribution >= 4 is 5.71 Å². The molecule has 0 unspecified atom stereocenters. The third-order valence-corrected chi connectivity index (χ3v) is 7.40. The van der Waals surface area contributed by atoms with E-state index in [1.54, 1.807) is 12.0 Å². The van der Waals surface area contributed by atoms with E-state index in [0.29, 0.717) is 6.04 Å². The van der Waals surface area contributed by atoms with E-state index in [1.807, 2.05) is 6.07 Å². The minimum Gasteiger partial charge on any atom is -0.493 e. The van der Waals surface area contributed by atoms with Crippen molar-refractivity contribution in [1.29, 1.82) is 0 Å². The van der Waals surface area contributed by atoms with Crippen LogP contribution < -0.4 is 14.4 Å². The number of hydrogen-bond donors (Lipinski definition) is 1. The van der Waals surface area contributed by atoms with E-state index in [2.05, 4.69) is 63.0 Å². The molecular formula is C26H34N3O2+. The van der Waals surface area contributed by atoms with Crippen LogP contribution in [0.1, 0.15) is 61.4 Å². The Labute approximate surface area is 185 Å². The predicted molar refractivity (Wildman–Crippen MR) is 123 cm³/mol. The van der Waals surface area contributed by atoms with E-state index in [9.17, 15) is 0 Å². The van der Waals surface area contributed by atoms with Gasteiger partial charge in [0.1, 0.15) is 0 Å². The van der Waals surface area contributed by atoms with Gasteiger partial charge in [0.05, 0.1) is 50.8 Å². The molecule has 0 bridgehead atoms. The summed E-state index contributed by atoms with van der Waals surface area (Å²) in [5.41, 5.74) is 5.78. The van der Waals surface area contributed by atoms with Gasteiger partial charge in [-0.25, -0.2) is 5.01 Å². The molecule has 0 aromatic heterocycles. The van der Waals surface area contributed by atoms with Gasteiger partial charge in [0.15, 0.2) is 11.5 Å². The normalized spacial score (nSPS) is 27.0. The molecular weight excluding hydrogens is 386 g/mol. The molecule has 0 saturated carbocycles. The molecule has 2 aromatic carbocycles. The van der Waals surface area contributed by atoms with Gasteiger partial charge in [0.2, 0.25) is 5.72 Å². The molecule has 1 fully saturated rings. The zero-order valence-electron chi connectivity index (χ0n) is 19.4. The molecule has 1 N–H and O–H groups in total. The molecule has 0 aliphatic carbocycles. The number of rotatable bonds is 3. The Kier molecular flexibility index (Phi) is 4.97. The summed E-state index contributed by atoms with van der Waals surface area (Å²) in [6.07, 6.45) is 2.84. The number of piperidine rings is 1. The SMILES string of the molecule is COc1cccc2c1OC1(CC[NH+](C(C)C)CC1)N1N=C(c3cc(C)ccc3C)C[C@H]21. The van der Waals surface area contributed by atoms with Gasteiger partial charge in [-0.1, -0.05) is 29.8 Å². The van der Waals surface area contributed by atoms with Gasteiger partial charge in [0, 0.05) is 17.5 Å². The molecule has 1 spiro atoms. The number of benzene rings is 2. The van der Waals surface area contributed by atoms with Crippen LogP contribution in [-0.2, 0) is 0 Å². The predicted octanol–water partition coefficient (Wildman–Crippen LogP) is 3.64. The first kappa shape index (κ1) is 20.4. The fraction of sp³-hybridized carbons (Fsp3) is 0.500. The monoisotopic (exact) mass is 420 g/mol. The zero-order chi connectivity index (χ0) is 21.8. The molecule has 3 aliphatic rings. The Bertz CT molecular complexity index is 1020. The highest BCUT2D eigenvalue weighted by molar-refractivity contribution is 6.03. The van der Waals surface area contributed by atoms with Crippen molar-refractivity contribution in [3.63, 3.8) is 0 Å². The van der Waals surface area contributed by atoms with E-state index in [4.69, 9.17) is 14.6 Å². The number of quaternary nitrogens is 1. The highest BCUT2D eigenvalue weighted by Gasteiger charge is 2.53. The summed E-state index contributed by atoms with van der Waals surface area (Å²) in [5.74, 6) is 1.74. The van der Waals surface area contributed by atoms with E-state index < -0.39 is 5.72 Å². The number of hydrazone groups is 1. The highest BCUT2D eigenvalue weighted by atomic mass is 16.5. The largest absolute Gasteiger partial charge is 0.493 e. The lowest BCUT2D eigenvalue weighted by atomic mass is 9.89. The lowest BCUT2D eigenvalue weighted by Gasteiger charge is -2.50. The summed E-state index contributed by atoms with van der Waals surface area (Å²) in [6, 6.07) is 13.7. The second-order valence-corrected chi connectivity index (χ2v) is 9.67. The van der Waals surface area contributed by atoms with Gasteiger partial charge in [-0.15, -0.1) is 0 Å². The maximum atomic E-state index is 6.84. The van der Waals surface area contributed by atoms with Crippen molar-refractivity contribution in [1.82, 2.24) is 5.01 Å². The van der Waals surface area contributed by atoms with Gasteiger partial charge in [-0.2, -0.15) is 5.10 Å². The molecule has 3 heterocycles. The minimum absolute atomic E-state index is 0.189. The highest BCUT2D eigenvalue weighted by Crippen LogP contribution is 2.52. The minimum atomic E-state index is -0.399. The molecule has 1 saturated heterocycles. The number of methoxy groups -OCH3 is 1. The first-order chi connectivity index (χ1) is 14.9. The number of para-hydroxylation sites is 1. The third-order valence-electron chi connectivity index (χ3n) is 7.40. The van der Waals surface area contributed by atoms with Crippen molar-refractivity contribution in [2.24, 2.45) is 5.10 Å². The fourth-order valence-electron chi connectivity index (χ4n) is 5.51. The number of fused-ring (bicyclic) bond motifs is 4. The molecule has 2 aromatic rings. The van der Waals surface area contributed by atoms with Gasteiger partial charge < -0.3 is 14.4 Å². The number of nitrogens with zero attached hydrogens (tertiary/aromatic N) is 2. The molecule has 0 radical (unpaired) electrons. The molecule has 5 rings (SSSR count). The van der Waals surface area contributed by atoms with Crippen molar-refractivity contribution in [2.45, 2.75) is 64.8 Å². The molecule has 3 aliphatic heterocycles. The van der Waals surface area contributed by atoms with Gasteiger partial charge in [-0.05, 0) is 45.4 Å². The van der Waals surface area contributed by atoms with Crippen molar-refractivity contribution < 1.29 is 14.4 Å². The summed E-state index contributed by atoms with van der Waals surface area (Å²) in [5, 5.41) is 7.57. The van der Waals surface area contributed by atoms with Gasteiger partial charge in [-0.3, -0.25) is 0 Å². The Morgan fingerprint density at radius 2 is 1.94 bits per heavy atom. The van der Waals surface area contributed by atoms with Crippen LogP contribution in [0.3, 0.4) is 0 Å². The van der Waals surface area contributed by atoms with E-state index in [-0.39, 0.29) is 6.04 Å². The molecule has 1 atom stereocenters. The van der Waals surface area contributed by atoms with Crippen LogP contribution in [0, 0.1) is 13.8 Å². The van der Waals surface area contributed by atoms with Crippen LogP contribution in [-0.4, -0.2) is 42.7 Å². The quantitative estimate of drug-likeness (QED) is 0.824. The third kappa shape index (κ3) is 3.30. The Morgan fingerprint density at radius 3 is 2.65 bits per heavy atom. The van der Waals surface area contributed by atoms with Crippen LogP contribution in [0.2, 0.25) is 0 Å². The summed E-state index contributed by atoms with van der Waals surface area (Å²) >= 11 is 0. The fourth-order valence-corrected chi connectivity index (χ4v) is 5.51. The number of nitrogens with one attached hydrogen (secondary N) is 1. The lowest BCUT2D eigenvalue weighted by Crippen LogP contribution is -3.16. The summed E-state index contributed by atoms with van der Waals surface area (Å²) in [4.78, 5) is 1.65. The molecule has 5 nitrogen and oxygen atoms in total. The summed E-state index contributed by atoms with van der Waals surface area (Å²) < 4.78 is 12.6. The Morgan fingerprint density at radius 1 is 1.16 bits per heavy atom. The van der Waals surface area contributed by atoms with E-state index >= 15 is 0 Å². The van der Waals surface area contributed by atoms with Crippen LogP contribution in [0.15, 0.2) is 41.5 Å². The molecule has 164 valence electrons. The number of aryl methyl sites for hydroxylation is 2. The molecule has 0 amide bonds. The average Bonchev–Trinajstić information content (AvgIpc) is 3.22. The van der Waals surface area contributed by atoms with Crippen LogP contribution in [0.25, 0.3) is 0 Å². The second-order valence-electron chi connectivity index (χ2n) is 9.67. The summed E-state index contributed by atoms with van der Waals surface area (Å²) in [6.45, 7) is 11.1. The van der Waals surface area contributed by atoms with Crippen LogP contribution >= 0.6 is 0 Å². The number of likely N-dealkylation sites (tertiary alicyclic amines) is 1. The number of ether oxygens (including phenoxy) is 2. The van der Waals surface area contributed by atoms with Crippen molar-refractivity contribution in [3.05, 3.63) is 58.7 Å². The zero-order valence-corrected chi connectivity index (χ0v) is 19.4. The Balaban J connectivity index is 1.59. The smallest absolute Gasteiger partial charge is 0.209 e. The topological polar surface area (TPSA) is 38.5 Å².